The van der Waals surface area contributed by atoms with E-state index in [1.54, 1.807) is 29.2 Å². The van der Waals surface area contributed by atoms with Crippen molar-refractivity contribution >= 4 is 38.7 Å². The maximum atomic E-state index is 12.7. The van der Waals surface area contributed by atoms with E-state index in [1.165, 1.54) is 18.3 Å². The van der Waals surface area contributed by atoms with Crippen LogP contribution in [0.1, 0.15) is 33.8 Å². The van der Waals surface area contributed by atoms with Gasteiger partial charge in [-0.15, -0.1) is 11.3 Å². The summed E-state index contributed by atoms with van der Waals surface area (Å²) in [5, 5.41) is 3.98. The highest BCUT2D eigenvalue weighted by atomic mass is 32.2. The van der Waals surface area contributed by atoms with Gasteiger partial charge in [0, 0.05) is 36.1 Å². The summed E-state index contributed by atoms with van der Waals surface area (Å²) in [5.41, 5.74) is 1.09. The Balaban J connectivity index is 1.74. The highest BCUT2D eigenvalue weighted by Gasteiger charge is 2.33. The van der Waals surface area contributed by atoms with Gasteiger partial charge in [-0.25, -0.2) is 8.42 Å². The van der Waals surface area contributed by atoms with E-state index in [4.69, 9.17) is 0 Å². The third-order valence-electron chi connectivity index (χ3n) is 4.34. The molecule has 0 spiro atoms. The third-order valence-corrected chi connectivity index (χ3v) is 7.58. The molecule has 0 saturated carbocycles. The molecule has 1 fully saturated rings. The predicted octanol–water partition coefficient (Wildman–Crippen LogP) is 2.71. The summed E-state index contributed by atoms with van der Waals surface area (Å²) in [7, 11) is -3.28. The zero-order valence-corrected chi connectivity index (χ0v) is 16.0. The minimum Gasteiger partial charge on any atom is -0.338 e. The molecule has 0 unspecified atom stereocenters. The number of nitrogens with zero attached hydrogens (tertiary/aromatic N) is 1. The topological polar surface area (TPSA) is 83.6 Å². The summed E-state index contributed by atoms with van der Waals surface area (Å²) < 4.78 is 25.2. The Morgan fingerprint density at radius 1 is 1.15 bits per heavy atom. The number of benzene rings is 1. The molecule has 6 nitrogen and oxygen atoms in total. The van der Waals surface area contributed by atoms with E-state index in [0.717, 1.165) is 4.88 Å². The summed E-state index contributed by atoms with van der Waals surface area (Å²) in [4.78, 5) is 26.2. The SMILES string of the molecule is CC(=O)Nc1ccc(C(=O)N2CC[C@H](c3cccs3)S(=O)(=O)CC2)cc1. The van der Waals surface area contributed by atoms with Crippen molar-refractivity contribution in [2.24, 2.45) is 0 Å². The minimum atomic E-state index is -3.28. The molecule has 1 atom stereocenters. The first kappa shape index (κ1) is 18.6. The van der Waals surface area contributed by atoms with Crippen LogP contribution in [-0.4, -0.2) is 44.0 Å². The van der Waals surface area contributed by atoms with Crippen molar-refractivity contribution in [3.05, 3.63) is 52.2 Å². The number of carbonyl (C=O) groups excluding carboxylic acids is 2. The lowest BCUT2D eigenvalue weighted by molar-refractivity contribution is -0.114. The van der Waals surface area contributed by atoms with Crippen LogP contribution in [0.4, 0.5) is 5.69 Å². The number of hydrogen-bond donors (Lipinski definition) is 1. The molecule has 1 N–H and O–H groups in total. The second-order valence-electron chi connectivity index (χ2n) is 6.21. The van der Waals surface area contributed by atoms with Crippen molar-refractivity contribution in [1.29, 1.82) is 0 Å². The maximum absolute atomic E-state index is 12.7. The highest BCUT2D eigenvalue weighted by molar-refractivity contribution is 7.91. The Morgan fingerprint density at radius 2 is 1.88 bits per heavy atom. The molecule has 1 aromatic heterocycles. The molecule has 1 aliphatic rings. The Bertz CT molecular complexity index is 890. The lowest BCUT2D eigenvalue weighted by Crippen LogP contribution is -2.33. The number of nitrogens with one attached hydrogen (secondary N) is 1. The minimum absolute atomic E-state index is 0.0364. The number of anilines is 1. The Labute approximate surface area is 156 Å². The van der Waals surface area contributed by atoms with Crippen LogP contribution in [0.3, 0.4) is 0 Å². The van der Waals surface area contributed by atoms with Gasteiger partial charge in [-0.3, -0.25) is 9.59 Å². The second kappa shape index (κ2) is 7.59. The normalized spacial score (nSPS) is 19.6. The van der Waals surface area contributed by atoms with Gasteiger partial charge in [0.1, 0.15) is 0 Å². The summed E-state index contributed by atoms with van der Waals surface area (Å²) >= 11 is 1.44. The van der Waals surface area contributed by atoms with Gasteiger partial charge < -0.3 is 10.2 Å². The first-order chi connectivity index (χ1) is 12.4. The molecule has 2 aromatic rings. The Hall–Kier alpha value is -2.19. The van der Waals surface area contributed by atoms with Gasteiger partial charge in [-0.1, -0.05) is 6.07 Å². The van der Waals surface area contributed by atoms with Crippen molar-refractivity contribution in [3.8, 4) is 0 Å². The molecule has 1 aromatic carbocycles. The molecule has 1 saturated heterocycles. The van der Waals surface area contributed by atoms with Crippen LogP contribution < -0.4 is 5.32 Å². The number of carbonyl (C=O) groups is 2. The maximum Gasteiger partial charge on any atom is 0.253 e. The fraction of sp³-hybridized carbons (Fsp3) is 0.333. The van der Waals surface area contributed by atoms with Crippen LogP contribution in [0.5, 0.6) is 0 Å². The first-order valence-electron chi connectivity index (χ1n) is 8.29. The number of thiophene rings is 1. The van der Waals surface area contributed by atoms with Crippen molar-refractivity contribution in [3.63, 3.8) is 0 Å². The standard InChI is InChI=1S/C18H20N2O4S2/c1-13(21)19-15-6-4-14(5-7-15)18(22)20-9-8-17(16-3-2-11-25-16)26(23,24)12-10-20/h2-7,11,17H,8-10,12H2,1H3,(H,19,21)/t17-/m1/s1. The molecule has 0 radical (unpaired) electrons. The summed E-state index contributed by atoms with van der Waals surface area (Å²) in [6.45, 7) is 2.01. The van der Waals surface area contributed by atoms with Crippen molar-refractivity contribution in [2.75, 3.05) is 24.2 Å². The van der Waals surface area contributed by atoms with Crippen LogP contribution in [0.2, 0.25) is 0 Å². The zero-order chi connectivity index (χ0) is 18.7. The number of sulfone groups is 1. The van der Waals surface area contributed by atoms with Gasteiger partial charge in [0.25, 0.3) is 5.91 Å². The number of amides is 2. The molecule has 0 aliphatic carbocycles. The van der Waals surface area contributed by atoms with E-state index in [9.17, 15) is 18.0 Å². The van der Waals surface area contributed by atoms with E-state index in [1.807, 2.05) is 17.5 Å². The summed E-state index contributed by atoms with van der Waals surface area (Å²) in [6, 6.07) is 10.3. The average molecular weight is 393 g/mol. The van der Waals surface area contributed by atoms with Gasteiger partial charge in [-0.2, -0.15) is 0 Å². The van der Waals surface area contributed by atoms with Gasteiger partial charge in [0.15, 0.2) is 9.84 Å². The van der Waals surface area contributed by atoms with E-state index >= 15 is 0 Å². The van der Waals surface area contributed by atoms with E-state index in [0.29, 0.717) is 24.2 Å². The van der Waals surface area contributed by atoms with Crippen LogP contribution in [0.15, 0.2) is 41.8 Å². The molecule has 2 heterocycles. The van der Waals surface area contributed by atoms with E-state index < -0.39 is 15.1 Å². The lowest BCUT2D eigenvalue weighted by Gasteiger charge is -2.20. The third kappa shape index (κ3) is 4.13. The molecule has 1 aliphatic heterocycles. The van der Waals surface area contributed by atoms with Gasteiger partial charge in [0.05, 0.1) is 11.0 Å². The summed E-state index contributed by atoms with van der Waals surface area (Å²) in [6.07, 6.45) is 0.401. The molecular formula is C18H20N2O4S2. The van der Waals surface area contributed by atoms with Gasteiger partial charge in [0.2, 0.25) is 5.91 Å². The first-order valence-corrected chi connectivity index (χ1v) is 10.9. The fourth-order valence-electron chi connectivity index (χ4n) is 3.02. The fourth-order valence-corrected chi connectivity index (χ4v) is 6.03. The Morgan fingerprint density at radius 3 is 2.50 bits per heavy atom. The highest BCUT2D eigenvalue weighted by Crippen LogP contribution is 2.32. The molecule has 3 rings (SSSR count). The molecular weight excluding hydrogens is 372 g/mol. The second-order valence-corrected chi connectivity index (χ2v) is 9.49. The van der Waals surface area contributed by atoms with Crippen molar-refractivity contribution < 1.29 is 18.0 Å². The van der Waals surface area contributed by atoms with Crippen molar-refractivity contribution in [1.82, 2.24) is 4.90 Å². The molecule has 26 heavy (non-hydrogen) atoms. The van der Waals surface area contributed by atoms with Crippen molar-refractivity contribution in [2.45, 2.75) is 18.6 Å². The molecule has 138 valence electrons. The molecule has 2 amide bonds. The lowest BCUT2D eigenvalue weighted by atomic mass is 10.1. The van der Waals surface area contributed by atoms with Gasteiger partial charge >= 0.3 is 0 Å². The smallest absolute Gasteiger partial charge is 0.253 e. The van der Waals surface area contributed by atoms with E-state index in [2.05, 4.69) is 5.32 Å². The molecule has 0 bridgehead atoms. The Kier molecular flexibility index (Phi) is 5.43. The van der Waals surface area contributed by atoms with Gasteiger partial charge in [-0.05, 0) is 42.1 Å². The van der Waals surface area contributed by atoms with E-state index in [-0.39, 0.29) is 24.1 Å². The van der Waals surface area contributed by atoms with Crippen LogP contribution in [0.25, 0.3) is 0 Å². The predicted molar refractivity (Wildman–Crippen MR) is 102 cm³/mol. The zero-order valence-electron chi connectivity index (χ0n) is 14.3. The van der Waals surface area contributed by atoms with Crippen LogP contribution >= 0.6 is 11.3 Å². The monoisotopic (exact) mass is 392 g/mol. The number of hydrogen-bond acceptors (Lipinski definition) is 5. The van der Waals surface area contributed by atoms with Crippen LogP contribution in [0, 0.1) is 0 Å². The average Bonchev–Trinajstić information content (AvgIpc) is 3.06. The number of rotatable bonds is 3. The van der Waals surface area contributed by atoms with Crippen LogP contribution in [-0.2, 0) is 14.6 Å². The largest absolute Gasteiger partial charge is 0.338 e. The summed E-state index contributed by atoms with van der Waals surface area (Å²) in [5.74, 6) is -0.409. The quantitative estimate of drug-likeness (QED) is 0.870. The molecule has 8 heteroatoms.